The second-order valence-electron chi connectivity index (χ2n) is 6.83. The summed E-state index contributed by atoms with van der Waals surface area (Å²) in [4.78, 5) is 0. The Morgan fingerprint density at radius 2 is 2.05 bits per heavy atom. The first kappa shape index (κ1) is 16.8. The first-order valence-electron chi connectivity index (χ1n) is 8.09. The number of rotatable bonds is 5. The SMILES string of the molecule is CNCC1CCC(C(C)C)CC1Cc1ccc(Cl)cc1F. The third kappa shape index (κ3) is 4.43. The molecule has 0 spiro atoms. The Labute approximate surface area is 133 Å². The molecule has 0 heterocycles. The Balaban J connectivity index is 2.11. The van der Waals surface area contributed by atoms with Crippen LogP contribution in [-0.4, -0.2) is 13.6 Å². The smallest absolute Gasteiger partial charge is 0.127 e. The minimum Gasteiger partial charge on any atom is -0.319 e. The van der Waals surface area contributed by atoms with Gasteiger partial charge in [0.1, 0.15) is 5.82 Å². The predicted molar refractivity (Wildman–Crippen MR) is 88.2 cm³/mol. The summed E-state index contributed by atoms with van der Waals surface area (Å²) in [7, 11) is 2.01. The van der Waals surface area contributed by atoms with Gasteiger partial charge in [-0.05, 0) is 80.6 Å². The molecule has 1 aliphatic rings. The fourth-order valence-electron chi connectivity index (χ4n) is 3.72. The number of benzene rings is 1. The molecule has 2 rings (SSSR count). The first-order chi connectivity index (χ1) is 10.0. The number of nitrogens with one attached hydrogen (secondary N) is 1. The van der Waals surface area contributed by atoms with E-state index in [0.29, 0.717) is 16.9 Å². The molecule has 0 bridgehead atoms. The average Bonchev–Trinajstić information content (AvgIpc) is 2.43. The summed E-state index contributed by atoms with van der Waals surface area (Å²) in [6, 6.07) is 5.09. The number of hydrogen-bond donors (Lipinski definition) is 1. The van der Waals surface area contributed by atoms with Crippen LogP contribution in [0, 0.1) is 29.5 Å². The van der Waals surface area contributed by atoms with Crippen LogP contribution in [0.2, 0.25) is 5.02 Å². The molecule has 1 aromatic rings. The lowest BCUT2D eigenvalue weighted by atomic mass is 9.68. The zero-order valence-electron chi connectivity index (χ0n) is 13.3. The molecule has 3 unspecified atom stereocenters. The molecule has 0 saturated heterocycles. The van der Waals surface area contributed by atoms with Crippen molar-refractivity contribution in [3.63, 3.8) is 0 Å². The molecule has 0 aromatic heterocycles. The van der Waals surface area contributed by atoms with Crippen LogP contribution in [0.3, 0.4) is 0 Å². The lowest BCUT2D eigenvalue weighted by Crippen LogP contribution is -2.34. The zero-order chi connectivity index (χ0) is 15.4. The van der Waals surface area contributed by atoms with E-state index >= 15 is 0 Å². The van der Waals surface area contributed by atoms with Crippen molar-refractivity contribution in [2.75, 3.05) is 13.6 Å². The van der Waals surface area contributed by atoms with E-state index in [9.17, 15) is 4.39 Å². The molecule has 1 nitrogen and oxygen atoms in total. The van der Waals surface area contributed by atoms with Gasteiger partial charge in [0.05, 0.1) is 0 Å². The van der Waals surface area contributed by atoms with Crippen molar-refractivity contribution < 1.29 is 4.39 Å². The van der Waals surface area contributed by atoms with Crippen LogP contribution in [0.1, 0.15) is 38.7 Å². The summed E-state index contributed by atoms with van der Waals surface area (Å²) in [6.45, 7) is 5.65. The molecular weight excluding hydrogens is 285 g/mol. The van der Waals surface area contributed by atoms with Crippen molar-refractivity contribution in [3.05, 3.63) is 34.6 Å². The maximum absolute atomic E-state index is 14.1. The van der Waals surface area contributed by atoms with Crippen LogP contribution in [0.25, 0.3) is 0 Å². The van der Waals surface area contributed by atoms with E-state index in [1.807, 2.05) is 13.1 Å². The molecule has 0 radical (unpaired) electrons. The van der Waals surface area contributed by atoms with Crippen LogP contribution in [0.15, 0.2) is 18.2 Å². The van der Waals surface area contributed by atoms with Gasteiger partial charge in [-0.2, -0.15) is 0 Å². The second-order valence-corrected chi connectivity index (χ2v) is 7.27. The number of halogens is 2. The third-order valence-electron chi connectivity index (χ3n) is 5.09. The molecule has 1 aromatic carbocycles. The molecule has 3 atom stereocenters. The zero-order valence-corrected chi connectivity index (χ0v) is 14.1. The van der Waals surface area contributed by atoms with E-state index in [4.69, 9.17) is 11.6 Å². The largest absolute Gasteiger partial charge is 0.319 e. The van der Waals surface area contributed by atoms with Gasteiger partial charge < -0.3 is 5.32 Å². The van der Waals surface area contributed by atoms with Gasteiger partial charge in [-0.25, -0.2) is 4.39 Å². The van der Waals surface area contributed by atoms with E-state index in [-0.39, 0.29) is 5.82 Å². The van der Waals surface area contributed by atoms with Crippen LogP contribution in [-0.2, 0) is 6.42 Å². The normalized spacial score (nSPS) is 26.3. The standard InChI is InChI=1S/C18H27ClFN/c1-12(2)13-4-5-15(11-21-3)16(8-13)9-14-6-7-17(19)10-18(14)20/h6-7,10,12-13,15-16,21H,4-5,8-9,11H2,1-3H3. The van der Waals surface area contributed by atoms with E-state index < -0.39 is 0 Å². The highest BCUT2D eigenvalue weighted by Gasteiger charge is 2.31. The fraction of sp³-hybridized carbons (Fsp3) is 0.667. The maximum Gasteiger partial charge on any atom is 0.127 e. The fourth-order valence-corrected chi connectivity index (χ4v) is 3.88. The number of hydrogen-bond acceptors (Lipinski definition) is 1. The Bertz CT molecular complexity index is 461. The lowest BCUT2D eigenvalue weighted by molar-refractivity contribution is 0.145. The van der Waals surface area contributed by atoms with Gasteiger partial charge in [-0.3, -0.25) is 0 Å². The molecule has 1 fully saturated rings. The molecule has 3 heteroatoms. The summed E-state index contributed by atoms with van der Waals surface area (Å²) in [6.07, 6.45) is 4.61. The van der Waals surface area contributed by atoms with Crippen molar-refractivity contribution in [2.45, 2.75) is 39.5 Å². The van der Waals surface area contributed by atoms with Crippen molar-refractivity contribution in [1.82, 2.24) is 5.32 Å². The van der Waals surface area contributed by atoms with Gasteiger partial charge in [-0.15, -0.1) is 0 Å². The first-order valence-corrected chi connectivity index (χ1v) is 8.47. The molecule has 0 amide bonds. The molecule has 1 saturated carbocycles. The Hall–Kier alpha value is -0.600. The topological polar surface area (TPSA) is 12.0 Å². The van der Waals surface area contributed by atoms with E-state index in [1.54, 1.807) is 6.07 Å². The van der Waals surface area contributed by atoms with Crippen LogP contribution in [0.4, 0.5) is 4.39 Å². The highest BCUT2D eigenvalue weighted by Crippen LogP contribution is 2.39. The van der Waals surface area contributed by atoms with Gasteiger partial charge in [0.25, 0.3) is 0 Å². The van der Waals surface area contributed by atoms with E-state index in [1.165, 1.54) is 25.3 Å². The third-order valence-corrected chi connectivity index (χ3v) is 5.32. The monoisotopic (exact) mass is 311 g/mol. The summed E-state index contributed by atoms with van der Waals surface area (Å²) < 4.78 is 14.1. The molecule has 118 valence electrons. The molecule has 21 heavy (non-hydrogen) atoms. The quantitative estimate of drug-likeness (QED) is 0.813. The highest BCUT2D eigenvalue weighted by molar-refractivity contribution is 6.30. The Morgan fingerprint density at radius 3 is 2.67 bits per heavy atom. The predicted octanol–water partition coefficient (Wildman–Crippen LogP) is 4.93. The van der Waals surface area contributed by atoms with Gasteiger partial charge in [0.15, 0.2) is 0 Å². The molecule has 1 aliphatic carbocycles. The van der Waals surface area contributed by atoms with Crippen molar-refractivity contribution in [2.24, 2.45) is 23.7 Å². The summed E-state index contributed by atoms with van der Waals surface area (Å²) in [5.74, 6) is 2.56. The maximum atomic E-state index is 14.1. The van der Waals surface area contributed by atoms with Crippen molar-refractivity contribution in [1.29, 1.82) is 0 Å². The molecular formula is C18H27ClFN. The van der Waals surface area contributed by atoms with Gasteiger partial charge in [0, 0.05) is 5.02 Å². The molecule has 0 aliphatic heterocycles. The van der Waals surface area contributed by atoms with Crippen molar-refractivity contribution in [3.8, 4) is 0 Å². The van der Waals surface area contributed by atoms with Crippen LogP contribution < -0.4 is 5.32 Å². The summed E-state index contributed by atoms with van der Waals surface area (Å²) in [5.41, 5.74) is 0.815. The van der Waals surface area contributed by atoms with Gasteiger partial charge >= 0.3 is 0 Å². The van der Waals surface area contributed by atoms with Crippen molar-refractivity contribution >= 4 is 11.6 Å². The Morgan fingerprint density at radius 1 is 1.29 bits per heavy atom. The summed E-state index contributed by atoms with van der Waals surface area (Å²) in [5, 5.41) is 3.78. The minimum absolute atomic E-state index is 0.155. The average molecular weight is 312 g/mol. The van der Waals surface area contributed by atoms with E-state index in [2.05, 4.69) is 19.2 Å². The minimum atomic E-state index is -0.155. The molecule has 1 N–H and O–H groups in total. The van der Waals surface area contributed by atoms with E-state index in [0.717, 1.165) is 30.4 Å². The summed E-state index contributed by atoms with van der Waals surface area (Å²) >= 11 is 5.85. The highest BCUT2D eigenvalue weighted by atomic mass is 35.5. The lowest BCUT2D eigenvalue weighted by Gasteiger charge is -2.38. The Kier molecular flexibility index (Phi) is 6.07. The van der Waals surface area contributed by atoms with Gasteiger partial charge in [0.2, 0.25) is 0 Å². The second kappa shape index (κ2) is 7.60. The van der Waals surface area contributed by atoms with Crippen LogP contribution >= 0.6 is 11.6 Å². The van der Waals surface area contributed by atoms with Crippen LogP contribution in [0.5, 0.6) is 0 Å². The van der Waals surface area contributed by atoms with Gasteiger partial charge in [-0.1, -0.05) is 31.5 Å².